The smallest absolute Gasteiger partial charge is 0.256 e. The number of benzene rings is 2. The molecule has 40 heavy (non-hydrogen) atoms. The average Bonchev–Trinajstić information content (AvgIpc) is 3.62. The first-order valence-electron chi connectivity index (χ1n) is 14.1. The van der Waals surface area contributed by atoms with Crippen molar-refractivity contribution >= 4 is 35.2 Å². The van der Waals surface area contributed by atoms with Crippen LogP contribution in [0.4, 0.5) is 11.4 Å². The Morgan fingerprint density at radius 3 is 2.92 bits per heavy atom. The molecule has 3 fully saturated rings. The van der Waals surface area contributed by atoms with Crippen molar-refractivity contribution in [1.29, 1.82) is 0 Å². The van der Waals surface area contributed by atoms with E-state index < -0.39 is 0 Å². The second-order valence-corrected chi connectivity index (χ2v) is 11.3. The molecule has 0 aromatic heterocycles. The highest BCUT2D eigenvalue weighted by Gasteiger charge is 2.63. The molecular formula is C31H32N4O5. The number of ether oxygens (including phenoxy) is 2. The summed E-state index contributed by atoms with van der Waals surface area (Å²) in [6.07, 6.45) is 8.43. The number of nitrogens with one attached hydrogen (secondary N) is 2. The fraction of sp³-hybridized carbons (Fsp3) is 0.419. The van der Waals surface area contributed by atoms with Gasteiger partial charge in [0.2, 0.25) is 5.91 Å². The Bertz CT molecular complexity index is 1500. The molecule has 1 saturated carbocycles. The third-order valence-corrected chi connectivity index (χ3v) is 8.96. The van der Waals surface area contributed by atoms with E-state index in [0.717, 1.165) is 55.6 Å². The zero-order valence-electron chi connectivity index (χ0n) is 22.5. The van der Waals surface area contributed by atoms with Gasteiger partial charge < -0.3 is 25.0 Å². The van der Waals surface area contributed by atoms with Crippen LogP contribution in [-0.2, 0) is 10.2 Å². The summed E-state index contributed by atoms with van der Waals surface area (Å²) in [5.74, 6) is 1.36. The Kier molecular flexibility index (Phi) is 5.91. The van der Waals surface area contributed by atoms with Crippen LogP contribution in [-0.4, -0.2) is 61.6 Å². The maximum absolute atomic E-state index is 13.2. The van der Waals surface area contributed by atoms with Crippen molar-refractivity contribution in [2.45, 2.75) is 50.0 Å². The minimum atomic E-state index is -0.114. The van der Waals surface area contributed by atoms with E-state index in [4.69, 9.17) is 9.47 Å². The number of amides is 2. The SMILES string of the molecule is COc1cc2c(cc1OCCCC(=O)Nc1ccc3c(c1)C14CC1CNC4=CC3=O)N=CC1CCCCN1C2=O. The van der Waals surface area contributed by atoms with E-state index in [9.17, 15) is 14.4 Å². The van der Waals surface area contributed by atoms with Crippen LogP contribution in [0, 0.1) is 5.92 Å². The van der Waals surface area contributed by atoms with Crippen LogP contribution < -0.4 is 20.1 Å². The number of nitrogens with zero attached hydrogens (tertiary/aromatic N) is 2. The Morgan fingerprint density at radius 1 is 1.18 bits per heavy atom. The van der Waals surface area contributed by atoms with Gasteiger partial charge in [0, 0.05) is 60.2 Å². The number of rotatable bonds is 7. The largest absolute Gasteiger partial charge is 0.493 e. The molecule has 2 aliphatic carbocycles. The number of anilines is 1. The van der Waals surface area contributed by atoms with Gasteiger partial charge in [-0.3, -0.25) is 19.4 Å². The van der Waals surface area contributed by atoms with E-state index in [1.165, 1.54) is 0 Å². The topological polar surface area (TPSA) is 109 Å². The number of allylic oxidation sites excluding steroid dienone is 2. The zero-order valence-corrected chi connectivity index (χ0v) is 22.5. The number of piperidine rings is 2. The second-order valence-electron chi connectivity index (χ2n) is 11.3. The molecule has 2 N–H and O–H groups in total. The average molecular weight is 541 g/mol. The normalized spacial score (nSPS) is 25.3. The van der Waals surface area contributed by atoms with Crippen molar-refractivity contribution in [3.63, 3.8) is 0 Å². The minimum absolute atomic E-state index is 0.0184. The number of carbonyl (C=O) groups is 3. The Labute approximate surface area is 232 Å². The fourth-order valence-corrected chi connectivity index (χ4v) is 6.79. The molecule has 9 heteroatoms. The molecule has 2 aromatic carbocycles. The molecule has 3 aliphatic heterocycles. The number of methoxy groups -OCH3 is 1. The summed E-state index contributed by atoms with van der Waals surface area (Å²) in [7, 11) is 1.55. The summed E-state index contributed by atoms with van der Waals surface area (Å²) in [5, 5.41) is 6.36. The highest BCUT2D eigenvalue weighted by atomic mass is 16.5. The lowest BCUT2D eigenvalue weighted by Gasteiger charge is -2.32. The third-order valence-electron chi connectivity index (χ3n) is 8.96. The van der Waals surface area contributed by atoms with Crippen LogP contribution in [0.3, 0.4) is 0 Å². The van der Waals surface area contributed by atoms with Crippen molar-refractivity contribution in [3.8, 4) is 11.5 Å². The van der Waals surface area contributed by atoms with Gasteiger partial charge in [0.05, 0.1) is 31.0 Å². The van der Waals surface area contributed by atoms with Crippen molar-refractivity contribution in [3.05, 3.63) is 58.8 Å². The summed E-state index contributed by atoms with van der Waals surface area (Å²) < 4.78 is 11.5. The number of hydrogen-bond acceptors (Lipinski definition) is 7. The Balaban J connectivity index is 0.982. The number of aliphatic imine (C=N–C) groups is 1. The molecule has 5 aliphatic rings. The lowest BCUT2D eigenvalue weighted by Crippen LogP contribution is -2.43. The van der Waals surface area contributed by atoms with Crippen LogP contribution in [0.15, 0.2) is 47.1 Å². The van der Waals surface area contributed by atoms with Crippen LogP contribution in [0.5, 0.6) is 11.5 Å². The van der Waals surface area contributed by atoms with E-state index in [0.29, 0.717) is 47.4 Å². The second kappa shape index (κ2) is 9.50. The molecule has 2 aromatic rings. The van der Waals surface area contributed by atoms with Gasteiger partial charge in [0.15, 0.2) is 17.3 Å². The van der Waals surface area contributed by atoms with Crippen LogP contribution in [0.2, 0.25) is 0 Å². The maximum atomic E-state index is 13.2. The number of ketones is 1. The van der Waals surface area contributed by atoms with Crippen LogP contribution >= 0.6 is 0 Å². The predicted molar refractivity (Wildman–Crippen MR) is 150 cm³/mol. The summed E-state index contributed by atoms with van der Waals surface area (Å²) in [6.45, 7) is 1.93. The van der Waals surface area contributed by atoms with Gasteiger partial charge in [0.1, 0.15) is 0 Å². The molecule has 2 amide bonds. The lowest BCUT2D eigenvalue weighted by molar-refractivity contribution is -0.116. The molecule has 7 rings (SSSR count). The Hall–Kier alpha value is -4.14. The van der Waals surface area contributed by atoms with Gasteiger partial charge >= 0.3 is 0 Å². The van der Waals surface area contributed by atoms with Gasteiger partial charge in [-0.2, -0.15) is 0 Å². The first-order chi connectivity index (χ1) is 19.5. The molecule has 3 heterocycles. The van der Waals surface area contributed by atoms with E-state index in [1.54, 1.807) is 31.4 Å². The maximum Gasteiger partial charge on any atom is 0.256 e. The molecule has 2 saturated heterocycles. The lowest BCUT2D eigenvalue weighted by atomic mass is 9.81. The number of hydrogen-bond donors (Lipinski definition) is 2. The van der Waals surface area contributed by atoms with Crippen LogP contribution in [0.1, 0.15) is 64.8 Å². The molecule has 1 spiro atoms. The van der Waals surface area contributed by atoms with Crippen molar-refractivity contribution < 1.29 is 23.9 Å². The molecule has 206 valence electrons. The van der Waals surface area contributed by atoms with Gasteiger partial charge in [-0.05, 0) is 67.9 Å². The highest BCUT2D eigenvalue weighted by molar-refractivity contribution is 6.09. The minimum Gasteiger partial charge on any atom is -0.493 e. The number of fused-ring (bicyclic) bond motifs is 3. The van der Waals surface area contributed by atoms with Gasteiger partial charge in [-0.15, -0.1) is 0 Å². The monoisotopic (exact) mass is 540 g/mol. The standard InChI is InChI=1S/C31H32N4O5/c1-39-26-12-22-24(32-17-20-5-2-3-9-35(20)30(22)38)13-27(26)40-10-4-6-29(37)34-19-7-8-21-23(11-19)31-15-18(31)16-33-28(31)14-25(21)36/h7-8,11-14,17-18,20,33H,2-6,9-10,15-16H2,1H3,(H,34,37). The molecule has 0 radical (unpaired) electrons. The Morgan fingerprint density at radius 2 is 2.08 bits per heavy atom. The summed E-state index contributed by atoms with van der Waals surface area (Å²) in [5.41, 5.74) is 4.51. The highest BCUT2D eigenvalue weighted by Crippen LogP contribution is 2.63. The zero-order chi connectivity index (χ0) is 27.4. The quantitative estimate of drug-likeness (QED) is 0.511. The summed E-state index contributed by atoms with van der Waals surface area (Å²) >= 11 is 0. The van der Waals surface area contributed by atoms with Gasteiger partial charge in [-0.25, -0.2) is 0 Å². The van der Waals surface area contributed by atoms with Crippen molar-refractivity contribution in [2.75, 3.05) is 32.1 Å². The first kappa shape index (κ1) is 24.9. The molecule has 3 unspecified atom stereocenters. The molecule has 9 nitrogen and oxygen atoms in total. The summed E-state index contributed by atoms with van der Waals surface area (Å²) in [6, 6.07) is 9.08. The van der Waals surface area contributed by atoms with Gasteiger partial charge in [-0.1, -0.05) is 0 Å². The fourth-order valence-electron chi connectivity index (χ4n) is 6.79. The third kappa shape index (κ3) is 3.98. The molecular weight excluding hydrogens is 508 g/mol. The van der Waals surface area contributed by atoms with E-state index in [2.05, 4.69) is 15.6 Å². The number of carbonyl (C=O) groups excluding carboxylic acids is 3. The van der Waals surface area contributed by atoms with E-state index in [-0.39, 0.29) is 35.5 Å². The van der Waals surface area contributed by atoms with E-state index in [1.807, 2.05) is 23.2 Å². The molecule has 0 bridgehead atoms. The van der Waals surface area contributed by atoms with E-state index >= 15 is 0 Å². The van der Waals surface area contributed by atoms with Crippen molar-refractivity contribution in [1.82, 2.24) is 10.2 Å². The van der Waals surface area contributed by atoms with Gasteiger partial charge in [0.25, 0.3) is 5.91 Å². The van der Waals surface area contributed by atoms with Crippen LogP contribution in [0.25, 0.3) is 0 Å². The summed E-state index contributed by atoms with van der Waals surface area (Å²) in [4.78, 5) is 45.0. The predicted octanol–water partition coefficient (Wildman–Crippen LogP) is 4.14. The molecule has 3 atom stereocenters. The first-order valence-corrected chi connectivity index (χ1v) is 14.1. The van der Waals surface area contributed by atoms with Crippen molar-refractivity contribution in [2.24, 2.45) is 10.9 Å².